The number of carbonyl (C=O) groups is 3. The fourth-order valence-electron chi connectivity index (χ4n) is 0.546. The maximum absolute atomic E-state index is 11.0. The van der Waals surface area contributed by atoms with E-state index in [1.165, 1.54) is 20.8 Å². The van der Waals surface area contributed by atoms with Gasteiger partial charge in [0.05, 0.1) is 0 Å². The Kier molecular flexibility index (Phi) is 3.44. The van der Waals surface area contributed by atoms with Crippen LogP contribution in [0.1, 0.15) is 20.8 Å². The van der Waals surface area contributed by atoms with Gasteiger partial charge in [0.2, 0.25) is 0 Å². The number of carboxylic acid groups (broad SMARTS) is 2. The third-order valence-electron chi connectivity index (χ3n) is 0.959. The number of carbonyl (C=O) groups excluding carboxylic acids is 1. The van der Waals surface area contributed by atoms with Crippen LogP contribution in [0.3, 0.4) is 0 Å². The van der Waals surface area contributed by atoms with E-state index in [-0.39, 0.29) is 0 Å². The number of imide groups is 3. The molecule has 7 nitrogen and oxygen atoms in total. The number of hydrogen-bond donors (Lipinski definition) is 2. The van der Waals surface area contributed by atoms with E-state index in [0.717, 1.165) is 0 Å². The van der Waals surface area contributed by atoms with Crippen molar-refractivity contribution >= 4 is 18.3 Å². The molecule has 0 aromatic heterocycles. The lowest BCUT2D eigenvalue weighted by Gasteiger charge is -2.21. The summed E-state index contributed by atoms with van der Waals surface area (Å²) in [6.45, 7) is 4.48. The van der Waals surface area contributed by atoms with Crippen LogP contribution in [-0.2, 0) is 4.74 Å². The Hall–Kier alpha value is -1.79. The van der Waals surface area contributed by atoms with Gasteiger partial charge in [-0.2, -0.15) is 0 Å². The fourth-order valence-corrected chi connectivity index (χ4v) is 0.546. The molecule has 0 saturated heterocycles. The molecule has 0 rings (SSSR count). The smallest absolute Gasteiger partial charge is 0.429 e. The molecule has 2 N–H and O–H groups in total. The predicted octanol–water partition coefficient (Wildman–Crippen LogP) is 1.58. The first-order chi connectivity index (χ1) is 6.15. The minimum Gasteiger partial charge on any atom is -0.464 e. The quantitative estimate of drug-likeness (QED) is 0.622. The summed E-state index contributed by atoms with van der Waals surface area (Å²) in [5, 5.41) is 16.7. The molecular weight excluding hydrogens is 194 g/mol. The van der Waals surface area contributed by atoms with E-state index in [4.69, 9.17) is 10.2 Å². The highest BCUT2D eigenvalue weighted by Crippen LogP contribution is 2.10. The Morgan fingerprint density at radius 3 is 1.64 bits per heavy atom. The van der Waals surface area contributed by atoms with Crippen molar-refractivity contribution in [1.29, 1.82) is 0 Å². The van der Waals surface area contributed by atoms with Crippen molar-refractivity contribution < 1.29 is 29.3 Å². The van der Waals surface area contributed by atoms with Gasteiger partial charge in [-0.05, 0) is 20.8 Å². The average Bonchev–Trinajstić information content (AvgIpc) is 1.78. The molecule has 0 heterocycles. The lowest BCUT2D eigenvalue weighted by atomic mass is 10.2. The van der Waals surface area contributed by atoms with Crippen LogP contribution in [0.15, 0.2) is 0 Å². The molecule has 0 aromatic carbocycles. The van der Waals surface area contributed by atoms with Crippen molar-refractivity contribution in [1.82, 2.24) is 4.90 Å². The van der Waals surface area contributed by atoms with Crippen molar-refractivity contribution in [2.75, 3.05) is 0 Å². The molecule has 0 atom stereocenters. The van der Waals surface area contributed by atoms with Crippen molar-refractivity contribution in [2.24, 2.45) is 0 Å². The van der Waals surface area contributed by atoms with Crippen molar-refractivity contribution in [3.63, 3.8) is 0 Å². The van der Waals surface area contributed by atoms with E-state index in [1.807, 2.05) is 0 Å². The number of ether oxygens (including phenoxy) is 1. The van der Waals surface area contributed by atoms with Crippen molar-refractivity contribution in [3.8, 4) is 0 Å². The third kappa shape index (κ3) is 3.74. The molecule has 0 aliphatic carbocycles. The normalized spacial score (nSPS) is 10.5. The van der Waals surface area contributed by atoms with Crippen LogP contribution in [0.2, 0.25) is 0 Å². The summed E-state index contributed by atoms with van der Waals surface area (Å²) in [5.41, 5.74) is -0.944. The molecule has 0 aromatic rings. The summed E-state index contributed by atoms with van der Waals surface area (Å²) in [5.74, 6) is 0. The fraction of sp³-hybridized carbons (Fsp3) is 0.571. The van der Waals surface area contributed by atoms with Gasteiger partial charge in [-0.15, -0.1) is 4.90 Å². The maximum atomic E-state index is 11.0. The first kappa shape index (κ1) is 12.2. The molecule has 0 unspecified atom stereocenters. The van der Waals surface area contributed by atoms with Crippen LogP contribution in [0.4, 0.5) is 14.4 Å². The Bertz CT molecular complexity index is 252. The summed E-state index contributed by atoms with van der Waals surface area (Å²) in [6, 6.07) is 0. The van der Waals surface area contributed by atoms with Crippen LogP contribution in [0.25, 0.3) is 0 Å². The topological polar surface area (TPSA) is 104 Å². The standard InChI is InChI=1S/C7H11NO6/c1-7(2,3)14-6(13)8(4(9)10)5(11)12/h1-3H3,(H,9,10)(H,11,12). The second-order valence-electron chi connectivity index (χ2n) is 3.38. The number of amides is 3. The van der Waals surface area contributed by atoms with Gasteiger partial charge in [0.15, 0.2) is 0 Å². The van der Waals surface area contributed by atoms with Gasteiger partial charge < -0.3 is 14.9 Å². The van der Waals surface area contributed by atoms with Gasteiger partial charge in [0, 0.05) is 0 Å². The number of nitrogens with zero attached hydrogens (tertiary/aromatic N) is 1. The minimum absolute atomic E-state index is 0.425. The van der Waals surface area contributed by atoms with E-state index < -0.39 is 28.8 Å². The third-order valence-corrected chi connectivity index (χ3v) is 0.959. The predicted molar refractivity (Wildman–Crippen MR) is 44.1 cm³/mol. The summed E-state index contributed by atoms with van der Waals surface area (Å²) in [4.78, 5) is 31.2. The lowest BCUT2D eigenvalue weighted by Crippen LogP contribution is -2.43. The Labute approximate surface area is 79.9 Å². The van der Waals surface area contributed by atoms with Gasteiger partial charge in [-0.3, -0.25) is 0 Å². The second-order valence-corrected chi connectivity index (χ2v) is 3.38. The van der Waals surface area contributed by atoms with Crippen molar-refractivity contribution in [3.05, 3.63) is 0 Å². The highest BCUT2D eigenvalue weighted by molar-refractivity contribution is 6.02. The van der Waals surface area contributed by atoms with E-state index in [1.54, 1.807) is 0 Å². The summed E-state index contributed by atoms with van der Waals surface area (Å²) < 4.78 is 4.55. The summed E-state index contributed by atoms with van der Waals surface area (Å²) in [6.07, 6.45) is -5.23. The summed E-state index contributed by atoms with van der Waals surface area (Å²) >= 11 is 0. The van der Waals surface area contributed by atoms with Crippen LogP contribution in [-0.4, -0.2) is 39.0 Å². The van der Waals surface area contributed by atoms with Crippen LogP contribution < -0.4 is 0 Å². The highest BCUT2D eigenvalue weighted by atomic mass is 16.6. The monoisotopic (exact) mass is 205 g/mol. The molecular formula is C7H11NO6. The molecule has 14 heavy (non-hydrogen) atoms. The largest absolute Gasteiger partial charge is 0.464 e. The molecule has 0 aliphatic rings. The van der Waals surface area contributed by atoms with E-state index in [2.05, 4.69) is 4.74 Å². The first-order valence-corrected chi connectivity index (χ1v) is 3.64. The molecule has 0 aliphatic heterocycles. The Morgan fingerprint density at radius 1 is 1.07 bits per heavy atom. The lowest BCUT2D eigenvalue weighted by molar-refractivity contribution is 0.0289. The average molecular weight is 205 g/mol. The van der Waals surface area contributed by atoms with Crippen LogP contribution >= 0.6 is 0 Å². The summed E-state index contributed by atoms with van der Waals surface area (Å²) in [7, 11) is 0. The van der Waals surface area contributed by atoms with Gasteiger partial charge in [0.1, 0.15) is 5.60 Å². The van der Waals surface area contributed by atoms with Crippen LogP contribution in [0, 0.1) is 0 Å². The van der Waals surface area contributed by atoms with Crippen LogP contribution in [0.5, 0.6) is 0 Å². The molecule has 0 saturated carbocycles. The van der Waals surface area contributed by atoms with E-state index >= 15 is 0 Å². The zero-order valence-corrected chi connectivity index (χ0v) is 7.97. The van der Waals surface area contributed by atoms with E-state index in [9.17, 15) is 14.4 Å². The molecule has 0 fully saturated rings. The molecule has 3 amide bonds. The molecule has 0 bridgehead atoms. The molecule has 0 spiro atoms. The molecule has 80 valence electrons. The maximum Gasteiger partial charge on any atom is 0.429 e. The van der Waals surface area contributed by atoms with Crippen molar-refractivity contribution in [2.45, 2.75) is 26.4 Å². The second kappa shape index (κ2) is 3.95. The minimum atomic E-state index is -1.90. The van der Waals surface area contributed by atoms with Gasteiger partial charge >= 0.3 is 18.3 Å². The zero-order chi connectivity index (χ0) is 11.5. The zero-order valence-electron chi connectivity index (χ0n) is 7.97. The highest BCUT2D eigenvalue weighted by Gasteiger charge is 2.32. The van der Waals surface area contributed by atoms with Gasteiger partial charge in [0.25, 0.3) is 0 Å². The Balaban J connectivity index is 4.63. The number of rotatable bonds is 0. The molecule has 7 heteroatoms. The first-order valence-electron chi connectivity index (χ1n) is 3.64. The number of hydrogen-bond acceptors (Lipinski definition) is 4. The SMILES string of the molecule is CC(C)(C)OC(=O)N(C(=O)O)C(=O)O. The van der Waals surface area contributed by atoms with Gasteiger partial charge in [-0.25, -0.2) is 14.4 Å². The van der Waals surface area contributed by atoms with E-state index in [0.29, 0.717) is 0 Å². The Morgan fingerprint density at radius 2 is 1.43 bits per heavy atom. The van der Waals surface area contributed by atoms with Gasteiger partial charge in [-0.1, -0.05) is 0 Å². The molecule has 0 radical (unpaired) electrons.